The third-order valence-electron chi connectivity index (χ3n) is 21.2. The van der Waals surface area contributed by atoms with E-state index in [-0.39, 0.29) is 153 Å². The summed E-state index contributed by atoms with van der Waals surface area (Å²) in [6, 6.07) is 21.3. The molecule has 0 spiro atoms. The number of carboxylic acid groups (broad SMARTS) is 1. The maximum absolute atomic E-state index is 13.4. The summed E-state index contributed by atoms with van der Waals surface area (Å²) in [5.74, 6) is 0.366. The smallest absolute Gasteiger partial charge is 0.870 e. The average molecular weight is 1890 g/mol. The summed E-state index contributed by atoms with van der Waals surface area (Å²) < 4.78 is 21.4. The van der Waals surface area contributed by atoms with Gasteiger partial charge in [0.2, 0.25) is 29.1 Å². The first-order valence-corrected chi connectivity index (χ1v) is 43.5. The molecule has 6 aliphatic rings. The van der Waals surface area contributed by atoms with Gasteiger partial charge in [-0.25, -0.2) is 29.5 Å². The first-order chi connectivity index (χ1) is 59.6. The molecule has 2 aliphatic heterocycles. The van der Waals surface area contributed by atoms with Gasteiger partial charge in [0.05, 0.1) is 77.3 Å². The van der Waals surface area contributed by atoms with E-state index in [0.717, 1.165) is 69.4 Å². The molecule has 6 atom stereocenters. The maximum Gasteiger partial charge on any atom is 1.00 e. The number of allylic oxidation sites excluding steroid dienone is 2. The number of benzene rings is 5. The first-order valence-electron chi connectivity index (χ1n) is 39.4. The number of imidazole rings is 1. The Bertz CT molecular complexity index is 5750. The zero-order valence-electron chi connectivity index (χ0n) is 70.3. The Labute approximate surface area is 785 Å². The Kier molecular flexibility index (Phi) is 37.2. The van der Waals surface area contributed by atoms with Gasteiger partial charge in [-0.15, -0.1) is 23.2 Å². The minimum Gasteiger partial charge on any atom is -0.870 e. The van der Waals surface area contributed by atoms with Crippen LogP contribution in [0, 0.1) is 29.3 Å². The SMILES string of the molecule is C=[S-](=O)CCS.CC(=O)CCC(NC(=O)c1ccc(N(C)Cc2cnc3nc(N)nc(N)c3n2)cc1)C(=O)O.CCCNCCNc1ccc(NCCNCCO)c2c1C(=O)c1c(O)ccc(O)c1C2=O.CO[C@@]12[C@H](COC(N)=O)C3=C(C(=O)C(C)=C(N)C3=O)N1C[C@@H]1C[C@@H]12.Cc1cc(Cl)c2c(c1)Cc1cc(Cl)ccc1C2C(Cl)Cl.S=c1nc[nH]c2nc[nH]c12.[Na+].[OH-]. The van der Waals surface area contributed by atoms with Gasteiger partial charge < -0.3 is 114 Å². The molecule has 2 fully saturated rings. The summed E-state index contributed by atoms with van der Waals surface area (Å²) in [6.45, 7) is 11.5. The van der Waals surface area contributed by atoms with E-state index in [2.05, 4.69) is 97.9 Å². The summed E-state index contributed by atoms with van der Waals surface area (Å²) >= 11 is 33.7. The molecule has 43 heteroatoms. The summed E-state index contributed by atoms with van der Waals surface area (Å²) in [7, 11) is 2.50. The molecule has 2 unspecified atom stereocenters. The van der Waals surface area contributed by atoms with E-state index in [9.17, 15) is 57.9 Å². The number of phenolic OH excluding ortho intramolecular Hbond substituents is 2. The molecule has 6 heterocycles. The number of alkyl halides is 2. The Balaban J connectivity index is 0.000000199. The van der Waals surface area contributed by atoms with Crippen LogP contribution in [0.2, 0.25) is 10.0 Å². The van der Waals surface area contributed by atoms with Gasteiger partial charge in [-0.1, -0.05) is 60.2 Å². The van der Waals surface area contributed by atoms with Crippen molar-refractivity contribution in [1.82, 2.24) is 60.7 Å². The van der Waals surface area contributed by atoms with Gasteiger partial charge in [0, 0.05) is 115 Å². The number of piperidine rings is 1. The second-order valence-electron chi connectivity index (χ2n) is 29.7. The fourth-order valence-corrected chi connectivity index (χ4v) is 17.5. The zero-order valence-corrected chi connectivity index (χ0v) is 77.9. The number of hydrogen-bond acceptors (Lipinski definition) is 33. The van der Waals surface area contributed by atoms with Crippen LogP contribution >= 0.6 is 71.3 Å². The molecule has 4 aromatic heterocycles. The summed E-state index contributed by atoms with van der Waals surface area (Å²) in [4.78, 5) is 132. The minimum absolute atomic E-state index is 0. The van der Waals surface area contributed by atoms with Gasteiger partial charge >= 0.3 is 41.6 Å². The van der Waals surface area contributed by atoms with Gasteiger partial charge in [0.25, 0.3) is 5.91 Å². The average Bonchev–Trinajstić information content (AvgIpc) is 1.50. The van der Waals surface area contributed by atoms with Crippen LogP contribution in [-0.4, -0.2) is 225 Å². The number of carbonyl (C=O) groups is 8. The van der Waals surface area contributed by atoms with Gasteiger partial charge in [-0.2, -0.15) is 28.5 Å². The van der Waals surface area contributed by atoms with Crippen molar-refractivity contribution in [2.75, 3.05) is 112 Å². The van der Waals surface area contributed by atoms with Gasteiger partial charge in [0.1, 0.15) is 40.3 Å². The number of amides is 2. The Hall–Kier alpha value is -10.1. The number of aliphatic carboxylic acids is 1. The molecule has 20 N–H and O–H groups in total. The molecule has 4 aliphatic carbocycles. The molecule has 9 aromatic rings. The number of nitrogens with one attached hydrogen (secondary N) is 7. The van der Waals surface area contributed by atoms with Crippen LogP contribution in [-0.2, 0) is 56.2 Å². The number of aromatic hydroxyl groups is 2. The molecule has 35 nitrogen and oxygen atoms in total. The Morgan fingerprint density at radius 3 is 2.03 bits per heavy atom. The number of aromatic amines is 2. The van der Waals surface area contributed by atoms with E-state index in [1.54, 1.807) is 63.0 Å². The number of carbonyl (C=O) groups excluding carboxylic acids is 7. The van der Waals surface area contributed by atoms with Crippen molar-refractivity contribution in [3.63, 3.8) is 0 Å². The number of aliphatic hydroxyl groups is 1. The normalized spacial score (nSPS) is 17.1. The van der Waals surface area contributed by atoms with Crippen molar-refractivity contribution in [1.29, 1.82) is 0 Å². The summed E-state index contributed by atoms with van der Waals surface area (Å²) in [5, 5.41) is 55.3. The standard InChI is InChI=1S/C23H30N4O5.C21H24N8O4.C16H12Cl4.C16H19N3O5.C5H4N4S.C3H7OS2.Na.H2O/c1-2-7-24-8-10-26-14-3-4-15(27-11-9-25-12-13-28)19-18(14)22(31)20-16(29)5-6-17(30)21(20)23(19)32;1-11(30)3-8-15(20(32)33)26-19(31)12-4-6-14(7-5-12)29(2)10-13-9-24-18-16(25-13)17(22)27-21(23)28-18;1-8-4-10-6-9-7-11(17)2-3-12(9)15(16(19)20)14(10)13(18)5-8;1-6-11(17)14(21)10-9(5-24-15(18)22)16(23-2)8-3-7(8)4-19(16)12(10)13(6)20;10-5-3-4(7-1-6-3)8-2-9-5;1-6(4)3-2-5;;/h3-6,24-30H,2,7-13H2,1H3;4-7,9,15H,3,8,10H2,1-2H3,(H,26,31)(H,32,33)(H4,22,23,24,27,28);2-5,7,15-16H,6H2,1H3;7-9H,3-5,17H2,1-2H3,(H2,18,22);1-2H,(H2,6,7,8,9,10);5H,1-3H2;;1H2/q;;;;;-1;+1;/p-1/t;;;7-,8-,9+,16-;;;;/m...0..../s1. The number of ketones is 5. The van der Waals surface area contributed by atoms with E-state index < -0.39 is 62.4 Å². The van der Waals surface area contributed by atoms with Crippen LogP contribution in [0.15, 0.2) is 120 Å². The predicted molar refractivity (Wildman–Crippen MR) is 488 cm³/mol. The molecule has 2 amide bonds. The van der Waals surface area contributed by atoms with Crippen molar-refractivity contribution in [2.45, 2.75) is 88.9 Å². The number of anilines is 5. The van der Waals surface area contributed by atoms with Gasteiger partial charge in [-0.3, -0.25) is 34.4 Å². The number of nitrogens with two attached hydrogens (primary N) is 4. The van der Waals surface area contributed by atoms with Crippen LogP contribution in [0.3, 0.4) is 0 Å². The maximum atomic E-state index is 13.4. The molecule has 127 heavy (non-hydrogen) atoms. The van der Waals surface area contributed by atoms with E-state index in [1.165, 1.54) is 36.5 Å². The van der Waals surface area contributed by atoms with E-state index in [4.69, 9.17) is 96.1 Å². The molecular formula is C84H97Cl4N19NaO16S3-. The number of H-pyrrole nitrogens is 2. The topological polar surface area (TPSA) is 563 Å². The number of nitrogens with zero attached hydrogens (tertiary/aromatic N) is 8. The number of ether oxygens (including phenoxy) is 2. The van der Waals surface area contributed by atoms with Crippen molar-refractivity contribution in [3.05, 3.63) is 196 Å². The predicted octanol–water partition coefficient (Wildman–Crippen LogP) is 5.99. The van der Waals surface area contributed by atoms with Crippen LogP contribution in [0.25, 0.3) is 22.3 Å². The number of aromatic nitrogens is 8. The number of aliphatic hydroxyl groups excluding tert-OH is 1. The second-order valence-corrected chi connectivity index (χ2v) is 33.8. The van der Waals surface area contributed by atoms with Crippen LogP contribution < -0.4 is 84.0 Å². The van der Waals surface area contributed by atoms with E-state index in [0.29, 0.717) is 107 Å². The van der Waals surface area contributed by atoms with Crippen molar-refractivity contribution >= 4 is 186 Å². The number of halogens is 4. The fourth-order valence-electron chi connectivity index (χ4n) is 15.4. The summed E-state index contributed by atoms with van der Waals surface area (Å²) in [5.41, 5.74) is 32.9. The van der Waals surface area contributed by atoms with Crippen molar-refractivity contribution < 1.29 is 107 Å². The molecule has 0 bridgehead atoms. The fraction of sp³-hybridized carbons (Fsp3) is 0.357. The number of methoxy groups -OCH3 is 1. The number of phenols is 2. The van der Waals surface area contributed by atoms with E-state index in [1.807, 2.05) is 48.0 Å². The van der Waals surface area contributed by atoms with Gasteiger partial charge in [-0.05, 0) is 159 Å². The number of fused-ring (bicyclic) bond motifs is 10. The molecule has 672 valence electrons. The number of nitrogen functional groups attached to an aromatic ring is 2. The molecule has 5 aromatic carbocycles. The number of carboxylic acids is 1. The number of rotatable bonds is 27. The number of Topliss-reactive ketones (excluding diaryl/α,β-unsaturated/α-hetero) is 3. The minimum atomic E-state index is -1.19. The van der Waals surface area contributed by atoms with Crippen LogP contribution in [0.1, 0.15) is 128 Å². The molecule has 15 rings (SSSR count). The second kappa shape index (κ2) is 46.2. The van der Waals surface area contributed by atoms with Crippen LogP contribution in [0.5, 0.6) is 11.5 Å². The van der Waals surface area contributed by atoms with Crippen LogP contribution in [0.4, 0.5) is 33.6 Å². The number of primary amides is 1. The Morgan fingerprint density at radius 1 is 0.827 bits per heavy atom. The molecule has 0 radical (unpaired) electrons. The first kappa shape index (κ1) is 102. The van der Waals surface area contributed by atoms with E-state index >= 15 is 0 Å². The largest absolute Gasteiger partial charge is 1.00 e. The van der Waals surface area contributed by atoms with Gasteiger partial charge in [0.15, 0.2) is 33.0 Å². The number of aryl methyl sites for hydroxylation is 1. The third kappa shape index (κ3) is 24.1. The molecular weight excluding hydrogens is 1790 g/mol. The molecule has 1 saturated carbocycles. The monoisotopic (exact) mass is 1890 g/mol. The zero-order chi connectivity index (χ0) is 91.0. The number of thiol groups is 1. The van der Waals surface area contributed by atoms with Crippen molar-refractivity contribution in [2.24, 2.45) is 29.2 Å². The quantitative estimate of drug-likeness (QED) is 0.00410. The number of hydrogen-bond donors (Lipinski definition) is 16. The Morgan fingerprint density at radius 2 is 1.46 bits per heavy atom. The summed E-state index contributed by atoms with van der Waals surface area (Å²) in [6.07, 6.45) is 6.64. The third-order valence-corrected chi connectivity index (χ3v) is 23.8. The molecule has 1 saturated heterocycles. The van der Waals surface area contributed by atoms with Crippen molar-refractivity contribution in [3.8, 4) is 11.5 Å².